The summed E-state index contributed by atoms with van der Waals surface area (Å²) in [6.07, 6.45) is 0. The van der Waals surface area contributed by atoms with E-state index in [9.17, 15) is 9.90 Å². The molecule has 2 aromatic heterocycles. The lowest BCUT2D eigenvalue weighted by Gasteiger charge is -2.04. The first kappa shape index (κ1) is 15.5. The molecular formula is C20H14N4O3. The average molecular weight is 358 g/mol. The summed E-state index contributed by atoms with van der Waals surface area (Å²) < 4.78 is 7.43. The largest absolute Gasteiger partial charge is 0.478 e. The van der Waals surface area contributed by atoms with Crippen molar-refractivity contribution in [3.05, 3.63) is 65.4 Å². The van der Waals surface area contributed by atoms with E-state index in [0.717, 1.165) is 22.3 Å². The molecule has 0 spiro atoms. The van der Waals surface area contributed by atoms with Gasteiger partial charge < -0.3 is 14.2 Å². The van der Waals surface area contributed by atoms with E-state index in [1.807, 2.05) is 47.9 Å². The monoisotopic (exact) mass is 358 g/mol. The molecule has 0 aliphatic carbocycles. The first-order valence-electron chi connectivity index (χ1n) is 8.45. The van der Waals surface area contributed by atoms with Crippen molar-refractivity contribution in [3.8, 4) is 34.0 Å². The molecule has 1 N–H and O–H groups in total. The zero-order chi connectivity index (χ0) is 18.5. The second kappa shape index (κ2) is 5.63. The summed E-state index contributed by atoms with van der Waals surface area (Å²) in [7, 11) is 0. The van der Waals surface area contributed by atoms with E-state index in [2.05, 4.69) is 15.4 Å². The Morgan fingerprint density at radius 1 is 1.11 bits per heavy atom. The third-order valence-corrected chi connectivity index (χ3v) is 4.81. The van der Waals surface area contributed by atoms with Gasteiger partial charge in [-0.3, -0.25) is 0 Å². The Balaban J connectivity index is 1.67. The van der Waals surface area contributed by atoms with Gasteiger partial charge in [0.1, 0.15) is 11.5 Å². The van der Waals surface area contributed by atoms with Crippen LogP contribution in [0.1, 0.15) is 21.7 Å². The molecule has 0 unspecified atom stereocenters. The van der Waals surface area contributed by atoms with Crippen LogP contribution in [-0.2, 0) is 6.54 Å². The van der Waals surface area contributed by atoms with Gasteiger partial charge in [0.2, 0.25) is 0 Å². The fourth-order valence-electron chi connectivity index (χ4n) is 3.49. The fourth-order valence-corrected chi connectivity index (χ4v) is 3.49. The summed E-state index contributed by atoms with van der Waals surface area (Å²) >= 11 is 0. The molecular weight excluding hydrogens is 344 g/mol. The highest BCUT2D eigenvalue weighted by molar-refractivity contribution is 5.90. The van der Waals surface area contributed by atoms with Crippen LogP contribution in [0.5, 0.6) is 0 Å². The molecule has 0 radical (unpaired) electrons. The van der Waals surface area contributed by atoms with Crippen molar-refractivity contribution in [2.75, 3.05) is 0 Å². The lowest BCUT2D eigenvalue weighted by molar-refractivity contribution is 0.0697. The highest BCUT2D eigenvalue weighted by atomic mass is 16.5. The third-order valence-electron chi connectivity index (χ3n) is 4.81. The Bertz CT molecular complexity index is 1190. The van der Waals surface area contributed by atoms with E-state index >= 15 is 0 Å². The van der Waals surface area contributed by atoms with Gasteiger partial charge in [0.25, 0.3) is 0 Å². The number of nitrogens with zero attached hydrogens (tertiary/aromatic N) is 4. The smallest absolute Gasteiger partial charge is 0.335 e. The molecule has 0 saturated carbocycles. The predicted molar refractivity (Wildman–Crippen MR) is 97.2 cm³/mol. The number of carboxylic acids is 1. The molecule has 7 nitrogen and oxygen atoms in total. The van der Waals surface area contributed by atoms with Crippen LogP contribution in [0.2, 0.25) is 0 Å². The third kappa shape index (κ3) is 2.28. The van der Waals surface area contributed by atoms with Gasteiger partial charge in [-0.1, -0.05) is 41.6 Å². The molecule has 132 valence electrons. The number of aryl methyl sites for hydroxylation is 1. The van der Waals surface area contributed by atoms with Gasteiger partial charge in [-0.05, 0) is 24.6 Å². The van der Waals surface area contributed by atoms with E-state index < -0.39 is 5.97 Å². The minimum Gasteiger partial charge on any atom is -0.478 e. The second-order valence-electron chi connectivity index (χ2n) is 6.44. The van der Waals surface area contributed by atoms with E-state index in [-0.39, 0.29) is 5.56 Å². The normalized spacial score (nSPS) is 12.0. The zero-order valence-electron chi connectivity index (χ0n) is 14.4. The Kier molecular flexibility index (Phi) is 3.24. The molecule has 4 aromatic rings. The summed E-state index contributed by atoms with van der Waals surface area (Å²) in [6.45, 7) is 2.42. The first-order valence-corrected chi connectivity index (χ1v) is 8.45. The van der Waals surface area contributed by atoms with Gasteiger partial charge in [-0.2, -0.15) is 0 Å². The maximum absolute atomic E-state index is 11.3. The molecule has 7 heteroatoms. The van der Waals surface area contributed by atoms with Crippen molar-refractivity contribution in [2.24, 2.45) is 0 Å². The van der Waals surface area contributed by atoms with Crippen molar-refractivity contribution in [3.63, 3.8) is 0 Å². The number of carbonyl (C=O) groups is 1. The van der Waals surface area contributed by atoms with Crippen molar-refractivity contribution >= 4 is 5.97 Å². The van der Waals surface area contributed by atoms with Crippen LogP contribution in [-0.4, -0.2) is 31.0 Å². The molecule has 1 aliphatic heterocycles. The van der Waals surface area contributed by atoms with Crippen LogP contribution in [0.15, 0.2) is 53.1 Å². The minimum absolute atomic E-state index is 0.234. The Labute approximate surface area is 153 Å². The van der Waals surface area contributed by atoms with Crippen LogP contribution in [0, 0.1) is 6.92 Å². The summed E-state index contributed by atoms with van der Waals surface area (Å²) in [4.78, 5) is 11.3. The summed E-state index contributed by atoms with van der Waals surface area (Å²) in [5.74, 6) is 1.02. The number of benzene rings is 2. The molecule has 0 saturated heterocycles. The molecule has 0 atom stereocenters. The molecule has 0 amide bonds. The van der Waals surface area contributed by atoms with Crippen LogP contribution in [0.3, 0.4) is 0 Å². The standard InChI is InChI=1S/C20H14N4O3/c1-11-16(17(23-27-11)12-5-3-2-4-6-12)19-22-21-18-15-9-13(20(25)26)7-8-14(15)10-24(18)19/h2-9H,10H2,1H3,(H,25,26). The van der Waals surface area contributed by atoms with Gasteiger partial charge in [-0.25, -0.2) is 4.79 Å². The molecule has 0 bridgehead atoms. The second-order valence-corrected chi connectivity index (χ2v) is 6.44. The number of carboxylic acid groups (broad SMARTS) is 1. The Hall–Kier alpha value is -3.74. The zero-order valence-corrected chi connectivity index (χ0v) is 14.4. The quantitative estimate of drug-likeness (QED) is 0.529. The van der Waals surface area contributed by atoms with Gasteiger partial charge in [0.05, 0.1) is 17.7 Å². The minimum atomic E-state index is -0.961. The van der Waals surface area contributed by atoms with Crippen LogP contribution < -0.4 is 0 Å². The highest BCUT2D eigenvalue weighted by Gasteiger charge is 2.29. The summed E-state index contributed by atoms with van der Waals surface area (Å²) in [5.41, 5.74) is 4.49. The summed E-state index contributed by atoms with van der Waals surface area (Å²) in [6, 6.07) is 14.9. The highest BCUT2D eigenvalue weighted by Crippen LogP contribution is 2.39. The lowest BCUT2D eigenvalue weighted by Crippen LogP contribution is -1.99. The topological polar surface area (TPSA) is 94.0 Å². The number of hydrogen-bond acceptors (Lipinski definition) is 5. The molecule has 0 fully saturated rings. The first-order chi connectivity index (χ1) is 13.1. The van der Waals surface area contributed by atoms with E-state index in [1.54, 1.807) is 12.1 Å². The van der Waals surface area contributed by atoms with Crippen molar-refractivity contribution in [1.82, 2.24) is 19.9 Å². The Morgan fingerprint density at radius 3 is 2.67 bits per heavy atom. The molecule has 3 heterocycles. The van der Waals surface area contributed by atoms with E-state index in [0.29, 0.717) is 29.6 Å². The SMILES string of the molecule is Cc1onc(-c2ccccc2)c1-c1nnc2n1Cc1ccc(C(=O)O)cc1-2. The number of fused-ring (bicyclic) bond motifs is 3. The Morgan fingerprint density at radius 2 is 1.89 bits per heavy atom. The van der Waals surface area contributed by atoms with Crippen molar-refractivity contribution < 1.29 is 14.4 Å². The molecule has 5 rings (SSSR count). The van der Waals surface area contributed by atoms with Gasteiger partial charge >= 0.3 is 5.97 Å². The van der Waals surface area contributed by atoms with Gasteiger partial charge in [0.15, 0.2) is 11.6 Å². The number of rotatable bonds is 3. The average Bonchev–Trinajstić information content (AvgIpc) is 3.35. The van der Waals surface area contributed by atoms with Crippen LogP contribution >= 0.6 is 0 Å². The lowest BCUT2D eigenvalue weighted by atomic mass is 10.1. The number of aromatic carboxylic acids is 1. The number of hydrogen-bond donors (Lipinski definition) is 1. The summed E-state index contributed by atoms with van der Waals surface area (Å²) in [5, 5.41) is 22.2. The maximum atomic E-state index is 11.3. The van der Waals surface area contributed by atoms with E-state index in [1.165, 1.54) is 0 Å². The van der Waals surface area contributed by atoms with Gasteiger partial charge in [0, 0.05) is 11.1 Å². The van der Waals surface area contributed by atoms with Crippen LogP contribution in [0.4, 0.5) is 0 Å². The molecule has 1 aliphatic rings. The number of aromatic nitrogens is 4. The van der Waals surface area contributed by atoms with Crippen molar-refractivity contribution in [1.29, 1.82) is 0 Å². The molecule has 2 aromatic carbocycles. The van der Waals surface area contributed by atoms with Gasteiger partial charge in [-0.15, -0.1) is 10.2 Å². The molecule has 27 heavy (non-hydrogen) atoms. The van der Waals surface area contributed by atoms with Crippen LogP contribution in [0.25, 0.3) is 34.0 Å². The fraction of sp³-hybridized carbons (Fsp3) is 0.100. The maximum Gasteiger partial charge on any atom is 0.335 e. The van der Waals surface area contributed by atoms with Crippen molar-refractivity contribution in [2.45, 2.75) is 13.5 Å². The van der Waals surface area contributed by atoms with E-state index in [4.69, 9.17) is 4.52 Å². The predicted octanol–water partition coefficient (Wildman–Crippen LogP) is 3.64.